The second kappa shape index (κ2) is 7.01. The van der Waals surface area contributed by atoms with Crippen molar-refractivity contribution in [1.29, 1.82) is 0 Å². The van der Waals surface area contributed by atoms with Crippen molar-refractivity contribution in [3.05, 3.63) is 94.8 Å². The number of rotatable bonds is 3. The standard InChI is InChI=1S/C23H18ClFN2/c1-15-6-10-17(11-7-15)22-21(24)23(18-12-8-16(2)9-13-18)27(26-22)20-5-3-4-19(25)14-20/h3-14H,1-2H3. The van der Waals surface area contributed by atoms with Crippen LogP contribution >= 0.6 is 11.6 Å². The van der Waals surface area contributed by atoms with Crippen LogP contribution in [0.1, 0.15) is 11.1 Å². The van der Waals surface area contributed by atoms with Crippen LogP contribution in [-0.2, 0) is 0 Å². The Morgan fingerprint density at radius 3 is 2.00 bits per heavy atom. The van der Waals surface area contributed by atoms with E-state index in [1.54, 1.807) is 10.7 Å². The first-order valence-electron chi connectivity index (χ1n) is 8.71. The summed E-state index contributed by atoms with van der Waals surface area (Å²) in [6, 6.07) is 22.5. The molecule has 4 aromatic rings. The highest BCUT2D eigenvalue weighted by Crippen LogP contribution is 2.38. The minimum Gasteiger partial charge on any atom is -0.231 e. The van der Waals surface area contributed by atoms with Gasteiger partial charge in [0.15, 0.2) is 0 Å². The van der Waals surface area contributed by atoms with E-state index in [9.17, 15) is 4.39 Å². The predicted octanol–water partition coefficient (Wildman–Crippen LogP) is 6.62. The van der Waals surface area contributed by atoms with Gasteiger partial charge in [0.05, 0.1) is 16.4 Å². The zero-order valence-electron chi connectivity index (χ0n) is 15.1. The molecule has 0 atom stereocenters. The van der Waals surface area contributed by atoms with Crippen LogP contribution in [0.5, 0.6) is 0 Å². The van der Waals surface area contributed by atoms with Crippen molar-refractivity contribution in [3.63, 3.8) is 0 Å². The first-order valence-corrected chi connectivity index (χ1v) is 9.09. The number of halogens is 2. The van der Waals surface area contributed by atoms with Gasteiger partial charge in [0.2, 0.25) is 0 Å². The molecule has 0 spiro atoms. The van der Waals surface area contributed by atoms with Crippen molar-refractivity contribution < 1.29 is 4.39 Å². The second-order valence-electron chi connectivity index (χ2n) is 6.63. The Kier molecular flexibility index (Phi) is 4.54. The smallest absolute Gasteiger partial charge is 0.125 e. The molecule has 0 aliphatic rings. The molecule has 0 amide bonds. The van der Waals surface area contributed by atoms with E-state index in [0.717, 1.165) is 27.9 Å². The lowest BCUT2D eigenvalue weighted by Gasteiger charge is -2.08. The molecule has 0 saturated carbocycles. The fourth-order valence-corrected chi connectivity index (χ4v) is 3.39. The number of nitrogens with zero attached hydrogens (tertiary/aromatic N) is 2. The molecular formula is C23H18ClFN2. The van der Waals surface area contributed by atoms with Crippen LogP contribution in [0.3, 0.4) is 0 Å². The monoisotopic (exact) mass is 376 g/mol. The van der Waals surface area contributed by atoms with Crippen molar-refractivity contribution in [1.82, 2.24) is 9.78 Å². The van der Waals surface area contributed by atoms with E-state index in [1.165, 1.54) is 12.1 Å². The van der Waals surface area contributed by atoms with Gasteiger partial charge < -0.3 is 0 Å². The normalized spacial score (nSPS) is 11.0. The summed E-state index contributed by atoms with van der Waals surface area (Å²) in [6.45, 7) is 4.07. The van der Waals surface area contributed by atoms with Crippen molar-refractivity contribution in [2.75, 3.05) is 0 Å². The highest BCUT2D eigenvalue weighted by molar-refractivity contribution is 6.35. The summed E-state index contributed by atoms with van der Waals surface area (Å²) >= 11 is 6.79. The zero-order chi connectivity index (χ0) is 19.0. The zero-order valence-corrected chi connectivity index (χ0v) is 15.8. The number of hydrogen-bond acceptors (Lipinski definition) is 1. The molecule has 4 rings (SSSR count). The van der Waals surface area contributed by atoms with E-state index >= 15 is 0 Å². The maximum Gasteiger partial charge on any atom is 0.125 e. The summed E-state index contributed by atoms with van der Waals surface area (Å²) < 4.78 is 15.6. The van der Waals surface area contributed by atoms with Crippen molar-refractivity contribution in [2.24, 2.45) is 0 Å². The Bertz CT molecular complexity index is 1100. The summed E-state index contributed by atoms with van der Waals surface area (Å²) in [5.41, 5.74) is 6.23. The third-order valence-electron chi connectivity index (χ3n) is 4.53. The van der Waals surface area contributed by atoms with Gasteiger partial charge in [-0.05, 0) is 32.0 Å². The third kappa shape index (κ3) is 3.38. The van der Waals surface area contributed by atoms with Crippen LogP contribution in [0.4, 0.5) is 4.39 Å². The van der Waals surface area contributed by atoms with Gasteiger partial charge in [0.1, 0.15) is 11.5 Å². The lowest BCUT2D eigenvalue weighted by molar-refractivity contribution is 0.625. The lowest BCUT2D eigenvalue weighted by atomic mass is 10.1. The molecule has 4 heteroatoms. The quantitative estimate of drug-likeness (QED) is 0.393. The second-order valence-corrected chi connectivity index (χ2v) is 7.01. The molecule has 0 fully saturated rings. The molecule has 27 heavy (non-hydrogen) atoms. The largest absolute Gasteiger partial charge is 0.231 e. The summed E-state index contributed by atoms with van der Waals surface area (Å²) in [5.74, 6) is -0.314. The van der Waals surface area contributed by atoms with E-state index < -0.39 is 0 Å². The van der Waals surface area contributed by atoms with Gasteiger partial charge in [-0.25, -0.2) is 9.07 Å². The fraction of sp³-hybridized carbons (Fsp3) is 0.0870. The van der Waals surface area contributed by atoms with E-state index in [0.29, 0.717) is 16.4 Å². The van der Waals surface area contributed by atoms with Gasteiger partial charge in [-0.3, -0.25) is 0 Å². The van der Waals surface area contributed by atoms with E-state index in [1.807, 2.05) is 68.4 Å². The van der Waals surface area contributed by atoms with Crippen LogP contribution in [0.25, 0.3) is 28.2 Å². The Morgan fingerprint density at radius 1 is 0.815 bits per heavy atom. The topological polar surface area (TPSA) is 17.8 Å². The lowest BCUT2D eigenvalue weighted by Crippen LogP contribution is -2.00. The number of aromatic nitrogens is 2. The van der Waals surface area contributed by atoms with Crippen LogP contribution in [0, 0.1) is 19.7 Å². The molecule has 0 aliphatic heterocycles. The molecule has 0 aliphatic carbocycles. The molecule has 1 aromatic heterocycles. The average molecular weight is 377 g/mol. The first kappa shape index (κ1) is 17.5. The molecule has 3 aromatic carbocycles. The molecule has 2 nitrogen and oxygen atoms in total. The maximum absolute atomic E-state index is 13.8. The predicted molar refractivity (Wildman–Crippen MR) is 109 cm³/mol. The molecular weight excluding hydrogens is 359 g/mol. The third-order valence-corrected chi connectivity index (χ3v) is 4.89. The first-order chi connectivity index (χ1) is 13.0. The molecule has 1 heterocycles. The number of hydrogen-bond donors (Lipinski definition) is 0. The molecule has 0 unspecified atom stereocenters. The number of aryl methyl sites for hydroxylation is 2. The van der Waals surface area contributed by atoms with Gasteiger partial charge >= 0.3 is 0 Å². The van der Waals surface area contributed by atoms with Gasteiger partial charge in [-0.15, -0.1) is 0 Å². The SMILES string of the molecule is Cc1ccc(-c2nn(-c3cccc(F)c3)c(-c3ccc(C)cc3)c2Cl)cc1. The molecule has 134 valence electrons. The summed E-state index contributed by atoms with van der Waals surface area (Å²) in [6.07, 6.45) is 0. The van der Waals surface area contributed by atoms with Gasteiger partial charge in [0, 0.05) is 11.1 Å². The molecule has 0 bridgehead atoms. The minimum atomic E-state index is -0.314. The van der Waals surface area contributed by atoms with Crippen molar-refractivity contribution >= 4 is 11.6 Å². The van der Waals surface area contributed by atoms with Crippen molar-refractivity contribution in [2.45, 2.75) is 13.8 Å². The molecule has 0 N–H and O–H groups in total. The van der Waals surface area contributed by atoms with Gasteiger partial charge in [-0.2, -0.15) is 5.10 Å². The summed E-state index contributed by atoms with van der Waals surface area (Å²) in [4.78, 5) is 0. The van der Waals surface area contributed by atoms with E-state index in [2.05, 4.69) is 0 Å². The van der Waals surface area contributed by atoms with Crippen LogP contribution in [0.15, 0.2) is 72.8 Å². The Balaban J connectivity index is 1.97. The highest BCUT2D eigenvalue weighted by atomic mass is 35.5. The Hall–Kier alpha value is -2.91. The van der Waals surface area contributed by atoms with Crippen molar-refractivity contribution in [3.8, 4) is 28.2 Å². The van der Waals surface area contributed by atoms with Gasteiger partial charge in [0.25, 0.3) is 0 Å². The average Bonchev–Trinajstić information content (AvgIpc) is 3.00. The summed E-state index contributed by atoms with van der Waals surface area (Å²) in [5, 5.41) is 5.29. The number of benzene rings is 3. The molecule has 0 saturated heterocycles. The van der Waals surface area contributed by atoms with Crippen LogP contribution < -0.4 is 0 Å². The summed E-state index contributed by atoms with van der Waals surface area (Å²) in [7, 11) is 0. The van der Waals surface area contributed by atoms with E-state index in [4.69, 9.17) is 16.7 Å². The Labute approximate surface area is 162 Å². The highest BCUT2D eigenvalue weighted by Gasteiger charge is 2.20. The maximum atomic E-state index is 13.8. The Morgan fingerprint density at radius 2 is 1.41 bits per heavy atom. The van der Waals surface area contributed by atoms with Crippen LogP contribution in [0.2, 0.25) is 5.02 Å². The minimum absolute atomic E-state index is 0.314. The van der Waals surface area contributed by atoms with E-state index in [-0.39, 0.29) is 5.82 Å². The van der Waals surface area contributed by atoms with Crippen LogP contribution in [-0.4, -0.2) is 9.78 Å². The van der Waals surface area contributed by atoms with Gasteiger partial charge in [-0.1, -0.05) is 77.3 Å². The fourth-order valence-electron chi connectivity index (χ4n) is 3.05. The molecule has 0 radical (unpaired) electrons.